The first kappa shape index (κ1) is 43.9. The lowest BCUT2D eigenvalue weighted by molar-refractivity contribution is 0.153. The molecule has 0 unspecified atom stereocenters. The van der Waals surface area contributed by atoms with Crippen molar-refractivity contribution < 1.29 is 0 Å². The first-order chi connectivity index (χ1) is 23.3. The Morgan fingerprint density at radius 1 is 0.468 bits per heavy atom. The number of nitrogens with zero attached hydrogens (tertiary/aromatic N) is 2. The third kappa shape index (κ3) is 31.8. The largest absolute Gasteiger partial charge is 0.313 e. The molecule has 1 saturated heterocycles. The van der Waals surface area contributed by atoms with E-state index in [9.17, 15) is 0 Å². The maximum atomic E-state index is 4.00. The molecule has 47 heavy (non-hydrogen) atoms. The van der Waals surface area contributed by atoms with Gasteiger partial charge < -0.3 is 10.2 Å². The van der Waals surface area contributed by atoms with Gasteiger partial charge in [-0.15, -0.1) is 0 Å². The average Bonchev–Trinajstić information content (AvgIpc) is 3.08. The maximum Gasteiger partial charge on any atom is 0.0110 e. The van der Waals surface area contributed by atoms with Crippen LogP contribution in [0.15, 0.2) is 48.6 Å². The lowest BCUT2D eigenvalue weighted by atomic mass is 9.99. The molecule has 0 amide bonds. The first-order valence-corrected chi connectivity index (χ1v) is 21.0. The van der Waals surface area contributed by atoms with E-state index in [1.54, 1.807) is 0 Å². The summed E-state index contributed by atoms with van der Waals surface area (Å²) in [4.78, 5) is 5.12. The SMILES string of the molecule is CCCCC/C=C\C/C=C\CCCCCCCCC(CCCCCCCC/C=C\C/C=C\CCCCC)NCCN1CCN(C)CC1. The first-order valence-electron chi connectivity index (χ1n) is 21.0. The van der Waals surface area contributed by atoms with Gasteiger partial charge in [0.15, 0.2) is 0 Å². The molecular weight excluding hydrogens is 571 g/mol. The van der Waals surface area contributed by atoms with Crippen molar-refractivity contribution in [2.75, 3.05) is 46.3 Å². The fraction of sp³-hybridized carbons (Fsp3) is 0.818. The van der Waals surface area contributed by atoms with E-state index in [2.05, 4.69) is 84.6 Å². The number of nitrogens with one attached hydrogen (secondary N) is 1. The van der Waals surface area contributed by atoms with Crippen molar-refractivity contribution in [1.82, 2.24) is 15.1 Å². The van der Waals surface area contributed by atoms with Crippen LogP contribution in [-0.2, 0) is 0 Å². The Labute approximate surface area is 296 Å². The molecule has 0 saturated carbocycles. The molecule has 1 fully saturated rings. The van der Waals surface area contributed by atoms with Crippen LogP contribution >= 0.6 is 0 Å². The summed E-state index contributed by atoms with van der Waals surface area (Å²) >= 11 is 0. The summed E-state index contributed by atoms with van der Waals surface area (Å²) < 4.78 is 0. The zero-order valence-electron chi connectivity index (χ0n) is 32.2. The predicted octanol–water partition coefficient (Wildman–Crippen LogP) is 12.6. The highest BCUT2D eigenvalue weighted by atomic mass is 15.2. The van der Waals surface area contributed by atoms with Crippen LogP contribution in [0.3, 0.4) is 0 Å². The molecule has 0 spiro atoms. The zero-order chi connectivity index (χ0) is 33.7. The second-order valence-electron chi connectivity index (χ2n) is 14.5. The van der Waals surface area contributed by atoms with Gasteiger partial charge in [0.25, 0.3) is 0 Å². The number of likely N-dealkylation sites (N-methyl/N-ethyl adjacent to an activating group) is 1. The Morgan fingerprint density at radius 2 is 0.851 bits per heavy atom. The summed E-state index contributed by atoms with van der Waals surface area (Å²) in [5.41, 5.74) is 0. The summed E-state index contributed by atoms with van der Waals surface area (Å²) in [6.07, 6.45) is 53.9. The molecule has 1 heterocycles. The normalized spacial score (nSPS) is 15.2. The van der Waals surface area contributed by atoms with Crippen molar-refractivity contribution in [1.29, 1.82) is 0 Å². The Hall–Kier alpha value is -1.16. The Kier molecular flexibility index (Phi) is 33.7. The summed E-state index contributed by atoms with van der Waals surface area (Å²) in [6.45, 7) is 11.9. The van der Waals surface area contributed by atoms with Crippen LogP contribution in [-0.4, -0.2) is 62.2 Å². The second-order valence-corrected chi connectivity index (χ2v) is 14.5. The third-order valence-electron chi connectivity index (χ3n) is 9.96. The molecule has 1 rings (SSSR count). The van der Waals surface area contributed by atoms with E-state index in [1.165, 1.54) is 193 Å². The quantitative estimate of drug-likeness (QED) is 0.0551. The van der Waals surface area contributed by atoms with Gasteiger partial charge in [-0.3, -0.25) is 4.90 Å². The lowest BCUT2D eigenvalue weighted by Crippen LogP contribution is -2.47. The minimum absolute atomic E-state index is 0.721. The average molecular weight is 654 g/mol. The molecule has 1 aliphatic rings. The van der Waals surface area contributed by atoms with Crippen molar-refractivity contribution in [2.24, 2.45) is 0 Å². The van der Waals surface area contributed by atoms with Crippen LogP contribution in [0.25, 0.3) is 0 Å². The summed E-state index contributed by atoms with van der Waals surface area (Å²) in [5, 5.41) is 4.00. The van der Waals surface area contributed by atoms with Crippen LogP contribution in [0.1, 0.15) is 181 Å². The molecule has 1 N–H and O–H groups in total. The van der Waals surface area contributed by atoms with Crippen LogP contribution in [0.5, 0.6) is 0 Å². The topological polar surface area (TPSA) is 18.5 Å². The monoisotopic (exact) mass is 654 g/mol. The van der Waals surface area contributed by atoms with Crippen LogP contribution < -0.4 is 5.32 Å². The molecular formula is C44H83N3. The zero-order valence-corrected chi connectivity index (χ0v) is 32.2. The number of piperazine rings is 1. The minimum Gasteiger partial charge on any atom is -0.313 e. The van der Waals surface area contributed by atoms with E-state index < -0.39 is 0 Å². The molecule has 0 aromatic heterocycles. The van der Waals surface area contributed by atoms with Gasteiger partial charge in [0, 0.05) is 45.3 Å². The van der Waals surface area contributed by atoms with Gasteiger partial charge >= 0.3 is 0 Å². The fourth-order valence-electron chi connectivity index (χ4n) is 6.60. The number of unbranched alkanes of at least 4 members (excludes halogenated alkanes) is 18. The Bertz CT molecular complexity index is 682. The fourth-order valence-corrected chi connectivity index (χ4v) is 6.60. The highest BCUT2D eigenvalue weighted by Gasteiger charge is 2.14. The summed E-state index contributed by atoms with van der Waals surface area (Å²) in [6, 6.07) is 0.721. The van der Waals surface area contributed by atoms with E-state index in [1.807, 2.05) is 0 Å². The molecule has 0 atom stereocenters. The van der Waals surface area contributed by atoms with Crippen molar-refractivity contribution in [2.45, 2.75) is 187 Å². The molecule has 1 aliphatic heterocycles. The third-order valence-corrected chi connectivity index (χ3v) is 9.96. The number of hydrogen-bond donors (Lipinski definition) is 1. The number of rotatable bonds is 34. The minimum atomic E-state index is 0.721. The highest BCUT2D eigenvalue weighted by molar-refractivity contribution is 4.93. The van der Waals surface area contributed by atoms with E-state index in [0.717, 1.165) is 18.9 Å². The Morgan fingerprint density at radius 3 is 1.28 bits per heavy atom. The molecule has 3 nitrogen and oxygen atoms in total. The van der Waals surface area contributed by atoms with Crippen molar-refractivity contribution >= 4 is 0 Å². The summed E-state index contributed by atoms with van der Waals surface area (Å²) in [5.74, 6) is 0. The Balaban J connectivity index is 2.11. The van der Waals surface area contributed by atoms with Gasteiger partial charge in [0.05, 0.1) is 0 Å². The predicted molar refractivity (Wildman–Crippen MR) is 214 cm³/mol. The second kappa shape index (κ2) is 36.1. The maximum absolute atomic E-state index is 4.00. The van der Waals surface area contributed by atoms with Gasteiger partial charge in [-0.1, -0.05) is 152 Å². The molecule has 0 aromatic carbocycles. The van der Waals surface area contributed by atoms with Crippen LogP contribution in [0.4, 0.5) is 0 Å². The summed E-state index contributed by atoms with van der Waals surface area (Å²) in [7, 11) is 2.26. The van der Waals surface area contributed by atoms with Gasteiger partial charge in [0.2, 0.25) is 0 Å². The molecule has 274 valence electrons. The van der Waals surface area contributed by atoms with Crippen molar-refractivity contribution in [3.05, 3.63) is 48.6 Å². The lowest BCUT2D eigenvalue weighted by Gasteiger charge is -2.32. The highest BCUT2D eigenvalue weighted by Crippen LogP contribution is 2.16. The van der Waals surface area contributed by atoms with E-state index in [4.69, 9.17) is 0 Å². The van der Waals surface area contributed by atoms with E-state index in [0.29, 0.717) is 0 Å². The van der Waals surface area contributed by atoms with Gasteiger partial charge in [-0.25, -0.2) is 0 Å². The van der Waals surface area contributed by atoms with Gasteiger partial charge in [-0.2, -0.15) is 0 Å². The van der Waals surface area contributed by atoms with Crippen molar-refractivity contribution in [3.8, 4) is 0 Å². The molecule has 0 bridgehead atoms. The molecule has 0 aromatic rings. The molecule has 0 aliphatic carbocycles. The van der Waals surface area contributed by atoms with Gasteiger partial charge in [-0.05, 0) is 84.1 Å². The molecule has 3 heteroatoms. The smallest absolute Gasteiger partial charge is 0.0110 e. The number of hydrogen-bond acceptors (Lipinski definition) is 3. The standard InChI is InChI=1S/C44H83N3/c1-4-6-8-10-12-14-16-18-20-22-24-26-28-30-32-34-36-44(45-38-39-47-42-40-46(3)41-43-47)37-35-33-31-29-27-25-23-21-19-17-15-13-11-9-7-5-2/h12-15,18-21,44-45H,4-11,16-17,22-43H2,1-3H3/b14-12-,15-13-,20-18-,21-19-. The van der Waals surface area contributed by atoms with Crippen LogP contribution in [0.2, 0.25) is 0 Å². The van der Waals surface area contributed by atoms with Crippen molar-refractivity contribution in [3.63, 3.8) is 0 Å². The number of allylic oxidation sites excluding steroid dienone is 8. The molecule has 0 radical (unpaired) electrons. The van der Waals surface area contributed by atoms with E-state index in [-0.39, 0.29) is 0 Å². The van der Waals surface area contributed by atoms with Crippen LogP contribution in [0, 0.1) is 0 Å². The van der Waals surface area contributed by atoms with Gasteiger partial charge in [0.1, 0.15) is 0 Å². The van der Waals surface area contributed by atoms with E-state index >= 15 is 0 Å².